The third-order valence-corrected chi connectivity index (χ3v) is 3.03. The summed E-state index contributed by atoms with van der Waals surface area (Å²) < 4.78 is 2.04. The van der Waals surface area contributed by atoms with Crippen LogP contribution in [0.15, 0.2) is 37.1 Å². The lowest BCUT2D eigenvalue weighted by molar-refractivity contribution is 0.668. The molecule has 4 nitrogen and oxygen atoms in total. The molecule has 0 bridgehead atoms. The molecule has 2 heterocycles. The Labute approximate surface area is 101 Å². The summed E-state index contributed by atoms with van der Waals surface area (Å²) >= 11 is 0. The van der Waals surface area contributed by atoms with Gasteiger partial charge in [-0.25, -0.2) is 4.98 Å². The molecule has 0 radical (unpaired) electrons. The monoisotopic (exact) mass is 228 g/mol. The number of nitrogens with one attached hydrogen (secondary N) is 1. The highest BCUT2D eigenvalue weighted by atomic mass is 15.0. The topological polar surface area (TPSA) is 42.7 Å². The van der Waals surface area contributed by atoms with Crippen LogP contribution in [0.4, 0.5) is 0 Å². The van der Waals surface area contributed by atoms with Crippen molar-refractivity contribution in [3.63, 3.8) is 0 Å². The summed E-state index contributed by atoms with van der Waals surface area (Å²) in [6.07, 6.45) is 10.1. The fourth-order valence-electron chi connectivity index (χ4n) is 1.87. The quantitative estimate of drug-likeness (QED) is 0.845. The van der Waals surface area contributed by atoms with Crippen molar-refractivity contribution in [1.29, 1.82) is 0 Å². The smallest absolute Gasteiger partial charge is 0.0949 e. The Kier molecular flexibility index (Phi) is 2.88. The SMILES string of the molecule is c1cnc(Cn2ccnc2)c(CNC2CC2)c1. The Balaban J connectivity index is 1.72. The first kappa shape index (κ1) is 10.5. The second kappa shape index (κ2) is 4.67. The van der Waals surface area contributed by atoms with E-state index >= 15 is 0 Å². The molecule has 0 spiro atoms. The van der Waals surface area contributed by atoms with E-state index in [4.69, 9.17) is 0 Å². The Bertz CT molecular complexity index is 474. The Morgan fingerprint density at radius 1 is 1.35 bits per heavy atom. The molecule has 2 aromatic heterocycles. The van der Waals surface area contributed by atoms with E-state index in [0.717, 1.165) is 24.8 Å². The van der Waals surface area contributed by atoms with Crippen molar-refractivity contribution in [3.05, 3.63) is 48.3 Å². The zero-order chi connectivity index (χ0) is 11.5. The van der Waals surface area contributed by atoms with Crippen LogP contribution < -0.4 is 5.32 Å². The summed E-state index contributed by atoms with van der Waals surface area (Å²) in [5.74, 6) is 0. The highest BCUT2D eigenvalue weighted by Gasteiger charge is 2.20. The molecule has 2 aromatic rings. The molecule has 0 unspecified atom stereocenters. The van der Waals surface area contributed by atoms with Crippen molar-refractivity contribution in [2.45, 2.75) is 32.0 Å². The van der Waals surface area contributed by atoms with Crippen molar-refractivity contribution >= 4 is 0 Å². The second-order valence-electron chi connectivity index (χ2n) is 4.50. The third-order valence-electron chi connectivity index (χ3n) is 3.03. The number of rotatable bonds is 5. The molecule has 0 amide bonds. The van der Waals surface area contributed by atoms with E-state index in [-0.39, 0.29) is 0 Å². The fraction of sp³-hybridized carbons (Fsp3) is 0.385. The molecule has 17 heavy (non-hydrogen) atoms. The summed E-state index contributed by atoms with van der Waals surface area (Å²) in [5, 5.41) is 3.53. The zero-order valence-corrected chi connectivity index (χ0v) is 9.71. The summed E-state index contributed by atoms with van der Waals surface area (Å²) in [5.41, 5.74) is 2.41. The molecule has 4 heteroatoms. The van der Waals surface area contributed by atoms with Gasteiger partial charge in [-0.05, 0) is 24.5 Å². The van der Waals surface area contributed by atoms with Gasteiger partial charge in [-0.3, -0.25) is 4.98 Å². The van der Waals surface area contributed by atoms with Gasteiger partial charge in [0, 0.05) is 31.2 Å². The normalized spacial score (nSPS) is 15.1. The first-order valence-corrected chi connectivity index (χ1v) is 6.04. The maximum atomic E-state index is 4.46. The van der Waals surface area contributed by atoms with Crippen molar-refractivity contribution in [3.8, 4) is 0 Å². The van der Waals surface area contributed by atoms with Gasteiger partial charge in [-0.2, -0.15) is 0 Å². The minimum Gasteiger partial charge on any atom is -0.331 e. The number of aromatic nitrogens is 3. The van der Waals surface area contributed by atoms with Gasteiger partial charge in [0.2, 0.25) is 0 Å². The van der Waals surface area contributed by atoms with Gasteiger partial charge in [0.25, 0.3) is 0 Å². The van der Waals surface area contributed by atoms with Crippen LogP contribution in [0, 0.1) is 0 Å². The summed E-state index contributed by atoms with van der Waals surface area (Å²) in [4.78, 5) is 8.52. The Hall–Kier alpha value is -1.68. The van der Waals surface area contributed by atoms with Crippen LogP contribution in [0.3, 0.4) is 0 Å². The number of hydrogen-bond acceptors (Lipinski definition) is 3. The van der Waals surface area contributed by atoms with Crippen LogP contribution in [0.2, 0.25) is 0 Å². The highest BCUT2D eigenvalue weighted by Crippen LogP contribution is 2.19. The lowest BCUT2D eigenvalue weighted by atomic mass is 10.2. The van der Waals surface area contributed by atoms with Gasteiger partial charge in [0.1, 0.15) is 0 Å². The number of imidazole rings is 1. The molecular weight excluding hydrogens is 212 g/mol. The van der Waals surface area contributed by atoms with Gasteiger partial charge in [0.05, 0.1) is 18.6 Å². The molecule has 1 aliphatic carbocycles. The van der Waals surface area contributed by atoms with Gasteiger partial charge >= 0.3 is 0 Å². The zero-order valence-electron chi connectivity index (χ0n) is 9.71. The summed E-state index contributed by atoms with van der Waals surface area (Å²) in [7, 11) is 0. The van der Waals surface area contributed by atoms with Gasteiger partial charge in [-0.1, -0.05) is 6.07 Å². The molecule has 0 aromatic carbocycles. The van der Waals surface area contributed by atoms with Crippen LogP contribution in [0.25, 0.3) is 0 Å². The maximum absolute atomic E-state index is 4.46. The van der Waals surface area contributed by atoms with Gasteiger partial charge in [-0.15, -0.1) is 0 Å². The van der Waals surface area contributed by atoms with E-state index in [0.29, 0.717) is 0 Å². The van der Waals surface area contributed by atoms with E-state index in [9.17, 15) is 0 Å². The number of nitrogens with zero attached hydrogens (tertiary/aromatic N) is 3. The van der Waals surface area contributed by atoms with Crippen molar-refractivity contribution in [2.24, 2.45) is 0 Å². The Morgan fingerprint density at radius 2 is 2.29 bits per heavy atom. The van der Waals surface area contributed by atoms with Crippen LogP contribution in [-0.4, -0.2) is 20.6 Å². The molecule has 1 fully saturated rings. The molecule has 1 aliphatic rings. The van der Waals surface area contributed by atoms with Crippen LogP contribution >= 0.6 is 0 Å². The third kappa shape index (κ3) is 2.71. The molecular formula is C13H16N4. The second-order valence-corrected chi connectivity index (χ2v) is 4.50. The largest absolute Gasteiger partial charge is 0.331 e. The van der Waals surface area contributed by atoms with Crippen molar-refractivity contribution in [1.82, 2.24) is 19.9 Å². The van der Waals surface area contributed by atoms with E-state index < -0.39 is 0 Å². The van der Waals surface area contributed by atoms with E-state index in [1.54, 1.807) is 6.20 Å². The van der Waals surface area contributed by atoms with Gasteiger partial charge < -0.3 is 9.88 Å². The standard InChI is InChI=1S/C13H16N4/c1-2-11(8-16-12-3-4-12)13(15-5-1)9-17-7-6-14-10-17/h1-2,5-7,10,12,16H,3-4,8-9H2. The molecule has 1 saturated carbocycles. The van der Waals surface area contributed by atoms with E-state index in [1.165, 1.54) is 18.4 Å². The van der Waals surface area contributed by atoms with E-state index in [1.807, 2.05) is 29.4 Å². The average molecular weight is 228 g/mol. The number of pyridine rings is 1. The maximum Gasteiger partial charge on any atom is 0.0949 e. The van der Waals surface area contributed by atoms with Crippen LogP contribution in [0.1, 0.15) is 24.1 Å². The predicted octanol–water partition coefficient (Wildman–Crippen LogP) is 1.58. The molecule has 3 rings (SSSR count). The lowest BCUT2D eigenvalue weighted by Crippen LogP contribution is -2.17. The fourth-order valence-corrected chi connectivity index (χ4v) is 1.87. The summed E-state index contributed by atoms with van der Waals surface area (Å²) in [6.45, 7) is 1.71. The lowest BCUT2D eigenvalue weighted by Gasteiger charge is -2.09. The molecule has 1 N–H and O–H groups in total. The number of hydrogen-bond donors (Lipinski definition) is 1. The Morgan fingerprint density at radius 3 is 3.06 bits per heavy atom. The molecule has 0 saturated heterocycles. The van der Waals surface area contributed by atoms with E-state index in [2.05, 4.69) is 21.4 Å². The minimum atomic E-state index is 0.733. The van der Waals surface area contributed by atoms with Crippen molar-refractivity contribution in [2.75, 3.05) is 0 Å². The predicted molar refractivity (Wildman–Crippen MR) is 65.4 cm³/mol. The first-order chi connectivity index (χ1) is 8.42. The molecule has 88 valence electrons. The first-order valence-electron chi connectivity index (χ1n) is 6.04. The summed E-state index contributed by atoms with van der Waals surface area (Å²) in [6, 6.07) is 4.88. The van der Waals surface area contributed by atoms with Crippen LogP contribution in [-0.2, 0) is 13.1 Å². The molecule has 0 aliphatic heterocycles. The van der Waals surface area contributed by atoms with Crippen molar-refractivity contribution < 1.29 is 0 Å². The highest BCUT2D eigenvalue weighted by molar-refractivity contribution is 5.20. The molecule has 0 atom stereocenters. The van der Waals surface area contributed by atoms with Gasteiger partial charge in [0.15, 0.2) is 0 Å². The average Bonchev–Trinajstić information content (AvgIpc) is 3.05. The minimum absolute atomic E-state index is 0.733. The van der Waals surface area contributed by atoms with Crippen LogP contribution in [0.5, 0.6) is 0 Å².